The smallest absolute Gasteiger partial charge is 0.244 e. The Kier molecular flexibility index (Phi) is 6.12. The average molecular weight is 306 g/mol. The van der Waals surface area contributed by atoms with Gasteiger partial charge in [-0.1, -0.05) is 19.1 Å². The van der Waals surface area contributed by atoms with Crippen LogP contribution in [0.4, 0.5) is 0 Å². The summed E-state index contributed by atoms with van der Waals surface area (Å²) >= 11 is 0. The number of sulfone groups is 1. The Balaban J connectivity index is 2.61. The molecule has 0 aromatic heterocycles. The molecule has 1 N–H and O–H groups in total. The molecule has 6 heteroatoms. The molecule has 1 rings (SSSR count). The maximum atomic E-state index is 11.7. The molecule has 1 aromatic rings. The van der Waals surface area contributed by atoms with Gasteiger partial charge in [0.2, 0.25) is 5.91 Å². The molecule has 0 radical (unpaired) electrons. The van der Waals surface area contributed by atoms with Gasteiger partial charge in [-0.2, -0.15) is 5.26 Å². The second-order valence-electron chi connectivity index (χ2n) is 4.68. The van der Waals surface area contributed by atoms with Crippen molar-refractivity contribution in [3.8, 4) is 6.07 Å². The average Bonchev–Trinajstić information content (AvgIpc) is 2.44. The highest BCUT2D eigenvalue weighted by Crippen LogP contribution is 2.06. The first-order valence-electron chi connectivity index (χ1n) is 6.55. The third-order valence-electron chi connectivity index (χ3n) is 2.78. The lowest BCUT2D eigenvalue weighted by molar-refractivity contribution is -0.116. The van der Waals surface area contributed by atoms with Gasteiger partial charge in [0.1, 0.15) is 0 Å². The highest BCUT2D eigenvalue weighted by molar-refractivity contribution is 7.91. The molecule has 21 heavy (non-hydrogen) atoms. The van der Waals surface area contributed by atoms with Crippen LogP contribution in [0.3, 0.4) is 0 Å². The quantitative estimate of drug-likeness (QED) is 0.807. The van der Waals surface area contributed by atoms with Crippen LogP contribution in [0, 0.1) is 11.3 Å². The van der Waals surface area contributed by atoms with Crippen molar-refractivity contribution >= 4 is 21.8 Å². The van der Waals surface area contributed by atoms with Crippen molar-refractivity contribution in [2.75, 3.05) is 11.5 Å². The van der Waals surface area contributed by atoms with Gasteiger partial charge in [-0.3, -0.25) is 4.79 Å². The van der Waals surface area contributed by atoms with E-state index in [9.17, 15) is 13.2 Å². The highest BCUT2D eigenvalue weighted by atomic mass is 32.2. The summed E-state index contributed by atoms with van der Waals surface area (Å²) < 4.78 is 22.9. The predicted molar refractivity (Wildman–Crippen MR) is 82.1 cm³/mol. The zero-order valence-electron chi connectivity index (χ0n) is 12.0. The lowest BCUT2D eigenvalue weighted by Crippen LogP contribution is -2.37. The van der Waals surface area contributed by atoms with Crippen molar-refractivity contribution in [1.82, 2.24) is 5.32 Å². The Bertz CT molecular complexity index is 672. The number of hydrogen-bond donors (Lipinski definition) is 1. The molecule has 0 heterocycles. The Labute approximate surface area is 125 Å². The Morgan fingerprint density at radius 1 is 1.48 bits per heavy atom. The fourth-order valence-electron chi connectivity index (χ4n) is 1.72. The SMILES string of the molecule is CCS(=O)(=O)C[C@H](C)NC(=O)/C=C/c1cccc(C#N)c1. The van der Waals surface area contributed by atoms with Gasteiger partial charge in [0.05, 0.1) is 17.4 Å². The summed E-state index contributed by atoms with van der Waals surface area (Å²) in [6.45, 7) is 3.22. The monoisotopic (exact) mass is 306 g/mol. The van der Waals surface area contributed by atoms with Crippen molar-refractivity contribution in [2.24, 2.45) is 0 Å². The summed E-state index contributed by atoms with van der Waals surface area (Å²) in [6, 6.07) is 8.41. The first-order valence-corrected chi connectivity index (χ1v) is 8.37. The van der Waals surface area contributed by atoms with Gasteiger partial charge in [-0.05, 0) is 30.7 Å². The summed E-state index contributed by atoms with van der Waals surface area (Å²) in [5.74, 6) is -0.382. The fraction of sp³-hybridized carbons (Fsp3) is 0.333. The molecule has 1 atom stereocenters. The summed E-state index contributed by atoms with van der Waals surface area (Å²) in [7, 11) is -3.12. The number of carbonyl (C=O) groups excluding carboxylic acids is 1. The van der Waals surface area contributed by atoms with E-state index in [1.54, 1.807) is 44.2 Å². The molecule has 0 bridgehead atoms. The number of hydrogen-bond acceptors (Lipinski definition) is 4. The standard InChI is InChI=1S/C15H18N2O3S/c1-3-21(19,20)11-12(2)17-15(18)8-7-13-5-4-6-14(9-13)10-16/h4-9,12H,3,11H2,1-2H3,(H,17,18)/b8-7+/t12-/m0/s1. The maximum absolute atomic E-state index is 11.7. The normalized spacial score (nSPS) is 12.8. The maximum Gasteiger partial charge on any atom is 0.244 e. The zero-order chi connectivity index (χ0) is 15.9. The largest absolute Gasteiger partial charge is 0.349 e. The number of amides is 1. The summed E-state index contributed by atoms with van der Waals surface area (Å²) in [6.07, 6.45) is 2.91. The number of nitrogens with one attached hydrogen (secondary N) is 1. The van der Waals surface area contributed by atoms with E-state index < -0.39 is 15.9 Å². The van der Waals surface area contributed by atoms with Gasteiger partial charge in [-0.25, -0.2) is 8.42 Å². The third-order valence-corrected chi connectivity index (χ3v) is 4.66. The van der Waals surface area contributed by atoms with Crippen LogP contribution in [-0.4, -0.2) is 31.9 Å². The third kappa shape index (κ3) is 6.23. The van der Waals surface area contributed by atoms with Crippen molar-refractivity contribution in [1.29, 1.82) is 5.26 Å². The van der Waals surface area contributed by atoms with Crippen molar-refractivity contribution < 1.29 is 13.2 Å². The lowest BCUT2D eigenvalue weighted by Gasteiger charge is -2.11. The van der Waals surface area contributed by atoms with Gasteiger partial charge in [-0.15, -0.1) is 0 Å². The van der Waals surface area contributed by atoms with E-state index in [2.05, 4.69) is 5.32 Å². The second kappa shape index (κ2) is 7.60. The van der Waals surface area contributed by atoms with Crippen LogP contribution in [-0.2, 0) is 14.6 Å². The summed E-state index contributed by atoms with van der Waals surface area (Å²) in [4.78, 5) is 11.7. The molecule has 0 fully saturated rings. The van der Waals surface area contributed by atoms with Crippen molar-refractivity contribution in [2.45, 2.75) is 19.9 Å². The minimum atomic E-state index is -3.12. The minimum Gasteiger partial charge on any atom is -0.349 e. The van der Waals surface area contributed by atoms with Crippen LogP contribution in [0.25, 0.3) is 6.08 Å². The zero-order valence-corrected chi connectivity index (χ0v) is 12.9. The molecule has 0 aliphatic heterocycles. The van der Waals surface area contributed by atoms with E-state index in [0.717, 1.165) is 5.56 Å². The van der Waals surface area contributed by atoms with E-state index >= 15 is 0 Å². The van der Waals surface area contributed by atoms with Gasteiger partial charge in [0.15, 0.2) is 9.84 Å². The van der Waals surface area contributed by atoms with Crippen LogP contribution >= 0.6 is 0 Å². The van der Waals surface area contributed by atoms with Crippen LogP contribution in [0.2, 0.25) is 0 Å². The molecule has 1 amide bonds. The second-order valence-corrected chi connectivity index (χ2v) is 7.08. The highest BCUT2D eigenvalue weighted by Gasteiger charge is 2.14. The van der Waals surface area contributed by atoms with Gasteiger partial charge in [0.25, 0.3) is 0 Å². The van der Waals surface area contributed by atoms with E-state index in [4.69, 9.17) is 5.26 Å². The van der Waals surface area contributed by atoms with E-state index in [1.807, 2.05) is 6.07 Å². The molecule has 1 aromatic carbocycles. The molecule has 0 aliphatic rings. The lowest BCUT2D eigenvalue weighted by atomic mass is 10.1. The fourth-order valence-corrected chi connectivity index (χ4v) is 2.80. The number of benzene rings is 1. The molecule has 112 valence electrons. The van der Waals surface area contributed by atoms with E-state index in [0.29, 0.717) is 5.56 Å². The van der Waals surface area contributed by atoms with Gasteiger partial charge >= 0.3 is 0 Å². The first kappa shape index (κ1) is 16.9. The van der Waals surface area contributed by atoms with Crippen LogP contribution in [0.15, 0.2) is 30.3 Å². The summed E-state index contributed by atoms with van der Waals surface area (Å²) in [5, 5.41) is 11.4. The van der Waals surface area contributed by atoms with E-state index in [-0.39, 0.29) is 17.4 Å². The summed E-state index contributed by atoms with van der Waals surface area (Å²) in [5.41, 5.74) is 1.25. The number of nitriles is 1. The van der Waals surface area contributed by atoms with Gasteiger partial charge in [0, 0.05) is 17.9 Å². The van der Waals surface area contributed by atoms with Crippen LogP contribution in [0.5, 0.6) is 0 Å². The number of nitrogens with zero attached hydrogens (tertiary/aromatic N) is 1. The Morgan fingerprint density at radius 2 is 2.19 bits per heavy atom. The Hall–Kier alpha value is -2.13. The minimum absolute atomic E-state index is 0.0595. The topological polar surface area (TPSA) is 87.0 Å². The molecule has 0 saturated carbocycles. The van der Waals surface area contributed by atoms with Gasteiger partial charge < -0.3 is 5.32 Å². The van der Waals surface area contributed by atoms with E-state index in [1.165, 1.54) is 6.08 Å². The number of rotatable bonds is 6. The number of carbonyl (C=O) groups is 1. The molecule has 0 saturated heterocycles. The Morgan fingerprint density at radius 3 is 2.81 bits per heavy atom. The van der Waals surface area contributed by atoms with Crippen LogP contribution in [0.1, 0.15) is 25.0 Å². The molecule has 0 spiro atoms. The molecule has 0 unspecified atom stereocenters. The molecule has 5 nitrogen and oxygen atoms in total. The molecular formula is C15H18N2O3S. The van der Waals surface area contributed by atoms with Crippen LogP contribution < -0.4 is 5.32 Å². The first-order chi connectivity index (χ1) is 9.86. The molecule has 0 aliphatic carbocycles. The van der Waals surface area contributed by atoms with Crippen molar-refractivity contribution in [3.63, 3.8) is 0 Å². The van der Waals surface area contributed by atoms with Crippen molar-refractivity contribution in [3.05, 3.63) is 41.5 Å². The predicted octanol–water partition coefficient (Wildman–Crippen LogP) is 1.51. The molecular weight excluding hydrogens is 288 g/mol.